The Hall–Kier alpha value is -2.67. The molecule has 1 aromatic carbocycles. The fraction of sp³-hybridized carbons (Fsp3) is 0.267. The zero-order valence-electron chi connectivity index (χ0n) is 11.3. The molecule has 1 aromatic rings. The van der Waals surface area contributed by atoms with E-state index in [1.807, 2.05) is 0 Å². The molecule has 3 N–H and O–H groups in total. The van der Waals surface area contributed by atoms with Gasteiger partial charge in [0.05, 0.1) is 23.7 Å². The number of aliphatic carboxylic acids is 1. The summed E-state index contributed by atoms with van der Waals surface area (Å²) < 4.78 is 5.44. The van der Waals surface area contributed by atoms with Gasteiger partial charge in [0.15, 0.2) is 0 Å². The number of nitrogens with one attached hydrogen (secondary N) is 1. The summed E-state index contributed by atoms with van der Waals surface area (Å²) in [4.78, 5) is 34.4. The molecule has 7 nitrogen and oxygen atoms in total. The number of hydrogen-bond acceptors (Lipinski definition) is 4. The Kier molecular flexibility index (Phi) is 3.42. The maximum Gasteiger partial charge on any atom is 0.335 e. The first-order valence-corrected chi connectivity index (χ1v) is 6.68. The Morgan fingerprint density at radius 2 is 1.55 bits per heavy atom. The summed E-state index contributed by atoms with van der Waals surface area (Å²) in [6.45, 7) is 0. The Morgan fingerprint density at radius 1 is 0.955 bits per heavy atom. The van der Waals surface area contributed by atoms with Crippen LogP contribution in [0.4, 0.5) is 5.69 Å². The Morgan fingerprint density at radius 3 is 2.09 bits per heavy atom. The van der Waals surface area contributed by atoms with Crippen LogP contribution in [0.1, 0.15) is 10.4 Å². The molecule has 2 aliphatic heterocycles. The minimum absolute atomic E-state index is 0.104. The van der Waals surface area contributed by atoms with E-state index in [2.05, 4.69) is 5.32 Å². The van der Waals surface area contributed by atoms with Gasteiger partial charge in [0.1, 0.15) is 5.92 Å². The highest BCUT2D eigenvalue weighted by Crippen LogP contribution is 2.39. The number of aromatic carboxylic acids is 1. The number of carbonyl (C=O) groups excluding carboxylic acids is 1. The normalized spacial score (nSPS) is 28.5. The van der Waals surface area contributed by atoms with Crippen LogP contribution in [0.5, 0.6) is 0 Å². The molecular formula is C15H13NO6. The fourth-order valence-electron chi connectivity index (χ4n) is 2.84. The Labute approximate surface area is 125 Å². The van der Waals surface area contributed by atoms with Crippen molar-refractivity contribution >= 4 is 23.5 Å². The van der Waals surface area contributed by atoms with Gasteiger partial charge in [-0.2, -0.15) is 0 Å². The van der Waals surface area contributed by atoms with E-state index in [4.69, 9.17) is 9.84 Å². The first kappa shape index (κ1) is 14.3. The molecule has 2 heterocycles. The molecule has 0 spiro atoms. The maximum atomic E-state index is 12.3. The molecule has 4 atom stereocenters. The van der Waals surface area contributed by atoms with Crippen LogP contribution in [-0.2, 0) is 14.3 Å². The van der Waals surface area contributed by atoms with Crippen LogP contribution in [0.2, 0.25) is 0 Å². The highest BCUT2D eigenvalue weighted by atomic mass is 16.5. The van der Waals surface area contributed by atoms with Crippen molar-refractivity contribution in [1.82, 2.24) is 0 Å². The van der Waals surface area contributed by atoms with E-state index in [1.54, 1.807) is 12.2 Å². The molecule has 1 amide bonds. The minimum Gasteiger partial charge on any atom is -0.481 e. The van der Waals surface area contributed by atoms with Crippen molar-refractivity contribution in [3.05, 3.63) is 42.0 Å². The lowest BCUT2D eigenvalue weighted by Crippen LogP contribution is -2.39. The van der Waals surface area contributed by atoms with Crippen molar-refractivity contribution in [2.75, 3.05) is 5.32 Å². The summed E-state index contributed by atoms with van der Waals surface area (Å²) in [5.41, 5.74) is 0.512. The molecule has 7 heteroatoms. The summed E-state index contributed by atoms with van der Waals surface area (Å²) in [5, 5.41) is 20.7. The summed E-state index contributed by atoms with van der Waals surface area (Å²) in [6.07, 6.45) is 2.24. The predicted octanol–water partition coefficient (Wildman–Crippen LogP) is 0.977. The number of hydrogen-bond donors (Lipinski definition) is 3. The highest BCUT2D eigenvalue weighted by Gasteiger charge is 2.53. The topological polar surface area (TPSA) is 113 Å². The molecule has 0 aliphatic carbocycles. The second-order valence-corrected chi connectivity index (χ2v) is 5.21. The van der Waals surface area contributed by atoms with Crippen molar-refractivity contribution in [3.63, 3.8) is 0 Å². The van der Waals surface area contributed by atoms with Crippen LogP contribution in [0.15, 0.2) is 36.4 Å². The third-order valence-corrected chi connectivity index (χ3v) is 3.89. The summed E-state index contributed by atoms with van der Waals surface area (Å²) in [6, 6.07) is 5.65. The van der Waals surface area contributed by atoms with Crippen LogP contribution in [-0.4, -0.2) is 40.3 Å². The number of benzene rings is 1. The van der Waals surface area contributed by atoms with Crippen LogP contribution in [0.3, 0.4) is 0 Å². The van der Waals surface area contributed by atoms with Crippen molar-refractivity contribution < 1.29 is 29.3 Å². The lowest BCUT2D eigenvalue weighted by Gasteiger charge is -2.21. The van der Waals surface area contributed by atoms with E-state index < -0.39 is 41.9 Å². The first-order chi connectivity index (χ1) is 10.5. The number of ether oxygens (including phenoxy) is 1. The van der Waals surface area contributed by atoms with Crippen LogP contribution < -0.4 is 5.32 Å². The highest BCUT2D eigenvalue weighted by molar-refractivity contribution is 5.97. The second-order valence-electron chi connectivity index (χ2n) is 5.21. The largest absolute Gasteiger partial charge is 0.481 e. The summed E-state index contributed by atoms with van der Waals surface area (Å²) >= 11 is 0. The number of amides is 1. The molecule has 0 radical (unpaired) electrons. The zero-order chi connectivity index (χ0) is 15.9. The molecule has 0 saturated carbocycles. The number of carbonyl (C=O) groups is 3. The zero-order valence-corrected chi connectivity index (χ0v) is 11.3. The minimum atomic E-state index is -1.07. The average molecular weight is 303 g/mol. The number of carboxylic acids is 2. The molecule has 2 bridgehead atoms. The van der Waals surface area contributed by atoms with E-state index in [-0.39, 0.29) is 5.56 Å². The van der Waals surface area contributed by atoms with Gasteiger partial charge in [-0.25, -0.2) is 4.79 Å². The smallest absolute Gasteiger partial charge is 0.335 e. The Bertz CT molecular complexity index is 665. The van der Waals surface area contributed by atoms with Gasteiger partial charge in [-0.3, -0.25) is 9.59 Å². The van der Waals surface area contributed by atoms with Gasteiger partial charge in [0.25, 0.3) is 0 Å². The third kappa shape index (κ3) is 2.35. The predicted molar refractivity (Wildman–Crippen MR) is 74.4 cm³/mol. The molecule has 0 aromatic heterocycles. The van der Waals surface area contributed by atoms with Gasteiger partial charge in [-0.15, -0.1) is 0 Å². The standard InChI is InChI=1S/C15H13NO6/c17-13(16-8-3-1-7(2-4-8)14(18)19)11-9-5-6-10(22-9)12(11)15(20)21/h1-6,9-12H,(H,16,17)(H,18,19)(H,20,21)/t9-,10+,11-,12-/m0/s1. The van der Waals surface area contributed by atoms with E-state index in [0.717, 1.165) is 0 Å². The molecule has 2 aliphatic rings. The van der Waals surface area contributed by atoms with Gasteiger partial charge in [-0.05, 0) is 24.3 Å². The van der Waals surface area contributed by atoms with Crippen molar-refractivity contribution in [2.45, 2.75) is 12.2 Å². The monoisotopic (exact) mass is 303 g/mol. The number of fused-ring (bicyclic) bond motifs is 2. The lowest BCUT2D eigenvalue weighted by molar-refractivity contribution is -0.145. The second kappa shape index (κ2) is 5.27. The molecule has 22 heavy (non-hydrogen) atoms. The molecule has 0 unspecified atom stereocenters. The lowest BCUT2D eigenvalue weighted by atomic mass is 9.82. The van der Waals surface area contributed by atoms with E-state index >= 15 is 0 Å². The third-order valence-electron chi connectivity index (χ3n) is 3.89. The number of rotatable bonds is 4. The van der Waals surface area contributed by atoms with E-state index in [1.165, 1.54) is 24.3 Å². The van der Waals surface area contributed by atoms with Gasteiger partial charge in [-0.1, -0.05) is 12.2 Å². The van der Waals surface area contributed by atoms with Crippen LogP contribution in [0.25, 0.3) is 0 Å². The SMILES string of the molecule is O=C(O)c1ccc(NC(=O)[C@@H]2[C@@H](C(=O)O)[C@H]3C=C[C@@H]2O3)cc1. The number of anilines is 1. The summed E-state index contributed by atoms with van der Waals surface area (Å²) in [5.74, 6) is -4.29. The van der Waals surface area contributed by atoms with Crippen LogP contribution >= 0.6 is 0 Å². The average Bonchev–Trinajstić information content (AvgIpc) is 3.08. The van der Waals surface area contributed by atoms with Gasteiger partial charge in [0, 0.05) is 5.69 Å². The molecular weight excluding hydrogens is 290 g/mol. The number of carboxylic acid groups (broad SMARTS) is 2. The van der Waals surface area contributed by atoms with Gasteiger partial charge >= 0.3 is 11.9 Å². The van der Waals surface area contributed by atoms with E-state index in [0.29, 0.717) is 5.69 Å². The summed E-state index contributed by atoms with van der Waals surface area (Å²) in [7, 11) is 0. The first-order valence-electron chi connectivity index (χ1n) is 6.68. The maximum absolute atomic E-state index is 12.3. The molecule has 1 saturated heterocycles. The Balaban J connectivity index is 1.75. The quantitative estimate of drug-likeness (QED) is 0.715. The molecule has 1 fully saturated rings. The molecule has 3 rings (SSSR count). The fourth-order valence-corrected chi connectivity index (χ4v) is 2.84. The van der Waals surface area contributed by atoms with Gasteiger partial charge < -0.3 is 20.3 Å². The van der Waals surface area contributed by atoms with E-state index in [9.17, 15) is 19.5 Å². The molecule has 114 valence electrons. The van der Waals surface area contributed by atoms with Gasteiger partial charge in [0.2, 0.25) is 5.91 Å². The van der Waals surface area contributed by atoms with Crippen molar-refractivity contribution in [2.24, 2.45) is 11.8 Å². The van der Waals surface area contributed by atoms with Crippen LogP contribution in [0, 0.1) is 11.8 Å². The van der Waals surface area contributed by atoms with Crippen molar-refractivity contribution in [1.29, 1.82) is 0 Å². The van der Waals surface area contributed by atoms with Crippen molar-refractivity contribution in [3.8, 4) is 0 Å².